The van der Waals surface area contributed by atoms with Crippen molar-refractivity contribution in [1.29, 1.82) is 0 Å². The van der Waals surface area contributed by atoms with Crippen molar-refractivity contribution in [3.05, 3.63) is 0 Å². The number of unbranched alkanes of at least 4 members (excludes halogenated alkanes) is 1. The van der Waals surface area contributed by atoms with E-state index in [0.717, 1.165) is 25.8 Å². The number of nitrogens with zero attached hydrogens (tertiary/aromatic N) is 2. The third-order valence-electron chi connectivity index (χ3n) is 4.90. The molecule has 0 radical (unpaired) electrons. The van der Waals surface area contributed by atoms with Crippen molar-refractivity contribution in [3.8, 4) is 0 Å². The Balaban J connectivity index is 2.00. The van der Waals surface area contributed by atoms with E-state index in [-0.39, 0.29) is 12.2 Å². The summed E-state index contributed by atoms with van der Waals surface area (Å²) in [5.74, 6) is 0.787. The van der Waals surface area contributed by atoms with Crippen LogP contribution in [0.15, 0.2) is 0 Å². The summed E-state index contributed by atoms with van der Waals surface area (Å²) in [6.07, 6.45) is 6.09. The summed E-state index contributed by atoms with van der Waals surface area (Å²) in [5.41, 5.74) is 0. The molecule has 21 heavy (non-hydrogen) atoms. The quantitative estimate of drug-likeness (QED) is 0.783. The Morgan fingerprint density at radius 2 is 1.90 bits per heavy atom. The molecule has 2 heterocycles. The predicted molar refractivity (Wildman–Crippen MR) is 87.1 cm³/mol. The average Bonchev–Trinajstić information content (AvgIpc) is 3.04. The highest BCUT2D eigenvalue weighted by Crippen LogP contribution is 2.24. The predicted octanol–water partition coefficient (Wildman–Crippen LogP) is 2.44. The number of hydrogen-bond acceptors (Lipinski definition) is 3. The van der Waals surface area contributed by atoms with Crippen LogP contribution in [0.25, 0.3) is 0 Å². The van der Waals surface area contributed by atoms with E-state index in [0.29, 0.717) is 17.9 Å². The summed E-state index contributed by atoms with van der Waals surface area (Å²) in [6, 6.07) is 0.348. The van der Waals surface area contributed by atoms with Crippen molar-refractivity contribution >= 4 is 5.91 Å². The molecule has 1 amide bonds. The van der Waals surface area contributed by atoms with E-state index >= 15 is 0 Å². The summed E-state index contributed by atoms with van der Waals surface area (Å²) < 4.78 is 0. The van der Waals surface area contributed by atoms with Gasteiger partial charge in [-0.25, -0.2) is 0 Å². The molecule has 0 aromatic rings. The van der Waals surface area contributed by atoms with Gasteiger partial charge in [-0.3, -0.25) is 10.1 Å². The molecule has 0 aromatic carbocycles. The molecule has 122 valence electrons. The summed E-state index contributed by atoms with van der Waals surface area (Å²) in [4.78, 5) is 17.4. The van der Waals surface area contributed by atoms with Gasteiger partial charge in [0.2, 0.25) is 5.91 Å². The fourth-order valence-corrected chi connectivity index (χ4v) is 3.72. The Hall–Kier alpha value is -0.610. The van der Waals surface area contributed by atoms with Crippen LogP contribution in [-0.2, 0) is 4.79 Å². The molecule has 2 aliphatic heterocycles. The van der Waals surface area contributed by atoms with Crippen LogP contribution in [0.3, 0.4) is 0 Å². The van der Waals surface area contributed by atoms with Crippen molar-refractivity contribution in [2.24, 2.45) is 5.92 Å². The molecule has 2 fully saturated rings. The van der Waals surface area contributed by atoms with Crippen LogP contribution in [-0.4, -0.2) is 53.6 Å². The molecule has 3 unspecified atom stereocenters. The standard InChI is InChI=1S/C17H33N3O/c1-5-6-9-15-17(21)20(16(18-15)13(2)3)14(4)12-19-10-7-8-11-19/h13-16,18H,5-12H2,1-4H3. The van der Waals surface area contributed by atoms with Crippen LogP contribution in [0.4, 0.5) is 0 Å². The second-order valence-electron chi connectivity index (χ2n) is 7.15. The van der Waals surface area contributed by atoms with Crippen molar-refractivity contribution < 1.29 is 4.79 Å². The molecule has 4 heteroatoms. The highest BCUT2D eigenvalue weighted by atomic mass is 16.2. The number of likely N-dealkylation sites (tertiary alicyclic amines) is 1. The lowest BCUT2D eigenvalue weighted by Crippen LogP contribution is -2.50. The van der Waals surface area contributed by atoms with Crippen LogP contribution in [0.5, 0.6) is 0 Å². The van der Waals surface area contributed by atoms with Gasteiger partial charge in [0.25, 0.3) is 0 Å². The Kier molecular flexibility index (Phi) is 6.06. The van der Waals surface area contributed by atoms with Crippen LogP contribution in [0, 0.1) is 5.92 Å². The van der Waals surface area contributed by atoms with Crippen molar-refractivity contribution in [2.75, 3.05) is 19.6 Å². The molecule has 0 aliphatic carbocycles. The molecule has 1 N–H and O–H groups in total. The Bertz CT molecular complexity index is 339. The van der Waals surface area contributed by atoms with E-state index < -0.39 is 0 Å². The molecule has 2 aliphatic rings. The number of carbonyl (C=O) groups excluding carboxylic acids is 1. The number of carbonyl (C=O) groups is 1. The number of rotatable bonds is 7. The molecule has 3 atom stereocenters. The van der Waals surface area contributed by atoms with Gasteiger partial charge in [-0.2, -0.15) is 0 Å². The van der Waals surface area contributed by atoms with Crippen molar-refractivity contribution in [2.45, 2.75) is 78.0 Å². The van der Waals surface area contributed by atoms with Gasteiger partial charge in [0.05, 0.1) is 12.2 Å². The van der Waals surface area contributed by atoms with Gasteiger partial charge in [0, 0.05) is 12.6 Å². The van der Waals surface area contributed by atoms with E-state index in [1.807, 2.05) is 0 Å². The maximum Gasteiger partial charge on any atom is 0.241 e. The first-order valence-corrected chi connectivity index (χ1v) is 8.85. The summed E-state index contributed by atoms with van der Waals surface area (Å²) in [6.45, 7) is 12.3. The Morgan fingerprint density at radius 3 is 2.48 bits per heavy atom. The highest BCUT2D eigenvalue weighted by Gasteiger charge is 2.42. The van der Waals surface area contributed by atoms with Gasteiger partial charge in [0.15, 0.2) is 0 Å². The fourth-order valence-electron chi connectivity index (χ4n) is 3.72. The van der Waals surface area contributed by atoms with Gasteiger partial charge < -0.3 is 9.80 Å². The zero-order chi connectivity index (χ0) is 15.4. The minimum atomic E-state index is 0.0402. The lowest BCUT2D eigenvalue weighted by Gasteiger charge is -2.34. The Morgan fingerprint density at radius 1 is 1.24 bits per heavy atom. The van der Waals surface area contributed by atoms with Gasteiger partial charge in [0.1, 0.15) is 0 Å². The number of amides is 1. The number of nitrogens with one attached hydrogen (secondary N) is 1. The first kappa shape index (κ1) is 16.8. The van der Waals surface area contributed by atoms with Gasteiger partial charge in [-0.05, 0) is 45.2 Å². The third kappa shape index (κ3) is 3.98. The smallest absolute Gasteiger partial charge is 0.241 e. The largest absolute Gasteiger partial charge is 0.322 e. The summed E-state index contributed by atoms with van der Waals surface area (Å²) >= 11 is 0. The van der Waals surface area contributed by atoms with E-state index in [1.165, 1.54) is 25.9 Å². The topological polar surface area (TPSA) is 35.6 Å². The van der Waals surface area contributed by atoms with E-state index in [2.05, 4.69) is 42.8 Å². The molecule has 2 rings (SSSR count). The molecule has 0 aromatic heterocycles. The molecular formula is C17H33N3O. The second-order valence-corrected chi connectivity index (χ2v) is 7.15. The van der Waals surface area contributed by atoms with Gasteiger partial charge in [-0.1, -0.05) is 33.6 Å². The molecule has 2 saturated heterocycles. The van der Waals surface area contributed by atoms with E-state index in [9.17, 15) is 4.79 Å². The minimum Gasteiger partial charge on any atom is -0.322 e. The lowest BCUT2D eigenvalue weighted by atomic mass is 10.1. The zero-order valence-electron chi connectivity index (χ0n) is 14.3. The maximum atomic E-state index is 12.8. The summed E-state index contributed by atoms with van der Waals surface area (Å²) in [7, 11) is 0. The molecule has 4 nitrogen and oxygen atoms in total. The SMILES string of the molecule is CCCCC1NC(C(C)C)N(C(C)CN2CCCC2)C1=O. The van der Waals surface area contributed by atoms with Crippen molar-refractivity contribution in [3.63, 3.8) is 0 Å². The van der Waals surface area contributed by atoms with E-state index in [1.54, 1.807) is 0 Å². The number of hydrogen-bond donors (Lipinski definition) is 1. The monoisotopic (exact) mass is 295 g/mol. The van der Waals surface area contributed by atoms with Crippen LogP contribution in [0.2, 0.25) is 0 Å². The van der Waals surface area contributed by atoms with Gasteiger partial charge in [-0.15, -0.1) is 0 Å². The zero-order valence-corrected chi connectivity index (χ0v) is 14.3. The van der Waals surface area contributed by atoms with Crippen LogP contribution < -0.4 is 5.32 Å². The normalized spacial score (nSPS) is 28.8. The van der Waals surface area contributed by atoms with E-state index in [4.69, 9.17) is 0 Å². The first-order chi connectivity index (χ1) is 10.0. The maximum absolute atomic E-state index is 12.8. The molecule has 0 bridgehead atoms. The first-order valence-electron chi connectivity index (χ1n) is 8.85. The second kappa shape index (κ2) is 7.59. The lowest BCUT2D eigenvalue weighted by molar-refractivity contribution is -0.133. The molecule has 0 saturated carbocycles. The molecular weight excluding hydrogens is 262 g/mol. The fraction of sp³-hybridized carbons (Fsp3) is 0.941. The summed E-state index contributed by atoms with van der Waals surface area (Å²) in [5, 5.41) is 3.59. The minimum absolute atomic E-state index is 0.0402. The Labute approximate surface area is 130 Å². The van der Waals surface area contributed by atoms with Crippen LogP contribution in [0.1, 0.15) is 59.8 Å². The van der Waals surface area contributed by atoms with Crippen LogP contribution >= 0.6 is 0 Å². The third-order valence-corrected chi connectivity index (χ3v) is 4.90. The highest BCUT2D eigenvalue weighted by molar-refractivity contribution is 5.84. The van der Waals surface area contributed by atoms with Gasteiger partial charge >= 0.3 is 0 Å². The van der Waals surface area contributed by atoms with Crippen molar-refractivity contribution in [1.82, 2.24) is 15.1 Å². The average molecular weight is 295 g/mol. The molecule has 0 spiro atoms.